The lowest BCUT2D eigenvalue weighted by molar-refractivity contribution is 0.143. The maximum absolute atomic E-state index is 6.47. The first-order valence-corrected chi connectivity index (χ1v) is 7.85. The van der Waals surface area contributed by atoms with E-state index in [-0.39, 0.29) is 0 Å². The van der Waals surface area contributed by atoms with Gasteiger partial charge in [-0.25, -0.2) is 0 Å². The second-order valence-corrected chi connectivity index (χ2v) is 5.88. The number of methoxy groups -OCH3 is 1. The highest BCUT2D eigenvalue weighted by molar-refractivity contribution is 6.33. The molecule has 20 heavy (non-hydrogen) atoms. The van der Waals surface area contributed by atoms with Crippen molar-refractivity contribution in [2.24, 2.45) is 5.92 Å². The van der Waals surface area contributed by atoms with Gasteiger partial charge in [-0.1, -0.05) is 24.6 Å². The predicted molar refractivity (Wildman–Crippen MR) is 85.6 cm³/mol. The van der Waals surface area contributed by atoms with Crippen LogP contribution < -0.4 is 10.2 Å². The molecule has 1 aromatic rings. The number of ether oxygens (including phenoxy) is 1. The molecule has 0 aromatic heterocycles. The Kier molecular flexibility index (Phi) is 6.14. The summed E-state index contributed by atoms with van der Waals surface area (Å²) in [6.45, 7) is 6.94. The summed E-state index contributed by atoms with van der Waals surface area (Å²) in [4.78, 5) is 2.40. The van der Waals surface area contributed by atoms with Gasteiger partial charge in [-0.2, -0.15) is 0 Å². The van der Waals surface area contributed by atoms with Crippen molar-refractivity contribution in [2.45, 2.75) is 26.3 Å². The van der Waals surface area contributed by atoms with Gasteiger partial charge in [0.15, 0.2) is 0 Å². The number of nitrogens with zero attached hydrogens (tertiary/aromatic N) is 1. The molecule has 1 aliphatic heterocycles. The SMILES string of the molecule is CCNCc1ccc(N2CCCC(COC)C2)c(Cl)c1. The summed E-state index contributed by atoms with van der Waals surface area (Å²) in [6, 6.07) is 6.41. The Balaban J connectivity index is 2.04. The van der Waals surface area contributed by atoms with Crippen LogP contribution in [0.3, 0.4) is 0 Å². The van der Waals surface area contributed by atoms with Crippen molar-refractivity contribution >= 4 is 17.3 Å². The van der Waals surface area contributed by atoms with Crippen LogP contribution in [0.5, 0.6) is 0 Å². The molecule has 0 bridgehead atoms. The number of rotatable bonds is 6. The molecule has 1 heterocycles. The Hall–Kier alpha value is -0.770. The Labute approximate surface area is 127 Å². The fourth-order valence-electron chi connectivity index (χ4n) is 2.84. The molecule has 1 atom stereocenters. The van der Waals surface area contributed by atoms with Gasteiger partial charge in [-0.15, -0.1) is 0 Å². The van der Waals surface area contributed by atoms with Crippen LogP contribution >= 0.6 is 11.6 Å². The molecule has 0 radical (unpaired) electrons. The van der Waals surface area contributed by atoms with Crippen molar-refractivity contribution in [1.82, 2.24) is 5.32 Å². The van der Waals surface area contributed by atoms with Crippen LogP contribution in [-0.4, -0.2) is 33.4 Å². The standard InChI is InChI=1S/C16H25ClN2O/c1-3-18-10-13-6-7-16(15(17)9-13)19-8-4-5-14(11-19)12-20-2/h6-7,9,14,18H,3-5,8,10-12H2,1-2H3. The third-order valence-corrected chi connectivity index (χ3v) is 4.16. The minimum atomic E-state index is 0.617. The van der Waals surface area contributed by atoms with Gasteiger partial charge in [0.2, 0.25) is 0 Å². The van der Waals surface area contributed by atoms with Crippen LogP contribution in [-0.2, 0) is 11.3 Å². The molecule has 1 fully saturated rings. The summed E-state index contributed by atoms with van der Waals surface area (Å²) >= 11 is 6.47. The fourth-order valence-corrected chi connectivity index (χ4v) is 3.16. The van der Waals surface area contributed by atoms with E-state index in [1.165, 1.54) is 18.4 Å². The molecule has 1 unspecified atom stereocenters. The zero-order valence-electron chi connectivity index (χ0n) is 12.5. The smallest absolute Gasteiger partial charge is 0.0642 e. The molecule has 4 heteroatoms. The van der Waals surface area contributed by atoms with Gasteiger partial charge in [-0.05, 0) is 43.0 Å². The Morgan fingerprint density at radius 2 is 2.30 bits per heavy atom. The maximum atomic E-state index is 6.47. The van der Waals surface area contributed by atoms with Crippen molar-refractivity contribution in [3.63, 3.8) is 0 Å². The van der Waals surface area contributed by atoms with Crippen molar-refractivity contribution in [3.05, 3.63) is 28.8 Å². The van der Waals surface area contributed by atoms with Crippen LogP contribution in [0.1, 0.15) is 25.3 Å². The number of piperidine rings is 1. The molecular weight excluding hydrogens is 272 g/mol. The second-order valence-electron chi connectivity index (χ2n) is 5.48. The van der Waals surface area contributed by atoms with Gasteiger partial charge < -0.3 is 15.0 Å². The van der Waals surface area contributed by atoms with Crippen LogP contribution in [0, 0.1) is 5.92 Å². The third-order valence-electron chi connectivity index (χ3n) is 3.85. The highest BCUT2D eigenvalue weighted by Crippen LogP contribution is 2.30. The van der Waals surface area contributed by atoms with E-state index in [9.17, 15) is 0 Å². The zero-order chi connectivity index (χ0) is 14.4. The Morgan fingerprint density at radius 3 is 3.00 bits per heavy atom. The highest BCUT2D eigenvalue weighted by Gasteiger charge is 2.21. The van der Waals surface area contributed by atoms with Gasteiger partial charge in [-0.3, -0.25) is 0 Å². The van der Waals surface area contributed by atoms with Crippen molar-refractivity contribution < 1.29 is 4.74 Å². The van der Waals surface area contributed by atoms with Crippen LogP contribution in [0.2, 0.25) is 5.02 Å². The third kappa shape index (κ3) is 4.11. The minimum Gasteiger partial charge on any atom is -0.384 e. The first-order valence-electron chi connectivity index (χ1n) is 7.47. The van der Waals surface area contributed by atoms with Crippen LogP contribution in [0.25, 0.3) is 0 Å². The van der Waals surface area contributed by atoms with Gasteiger partial charge in [0.25, 0.3) is 0 Å². The average Bonchev–Trinajstić information content (AvgIpc) is 2.46. The van der Waals surface area contributed by atoms with E-state index >= 15 is 0 Å². The summed E-state index contributed by atoms with van der Waals surface area (Å²) < 4.78 is 5.29. The lowest BCUT2D eigenvalue weighted by Crippen LogP contribution is -2.37. The van der Waals surface area contributed by atoms with Crippen LogP contribution in [0.4, 0.5) is 5.69 Å². The van der Waals surface area contributed by atoms with E-state index in [0.717, 1.165) is 43.5 Å². The summed E-state index contributed by atoms with van der Waals surface area (Å²) in [5.74, 6) is 0.617. The first-order chi connectivity index (χ1) is 9.74. The topological polar surface area (TPSA) is 24.5 Å². The number of hydrogen-bond acceptors (Lipinski definition) is 3. The number of halogens is 1. The molecule has 1 saturated heterocycles. The maximum Gasteiger partial charge on any atom is 0.0642 e. The molecule has 0 aliphatic carbocycles. The lowest BCUT2D eigenvalue weighted by Gasteiger charge is -2.34. The molecule has 1 aliphatic rings. The highest BCUT2D eigenvalue weighted by atomic mass is 35.5. The molecular formula is C16H25ClN2O. The molecule has 0 spiro atoms. The van der Waals surface area contributed by atoms with E-state index in [2.05, 4.69) is 35.3 Å². The summed E-state index contributed by atoms with van der Waals surface area (Å²) in [5, 5.41) is 4.19. The molecule has 1 N–H and O–H groups in total. The Bertz CT molecular complexity index is 423. The summed E-state index contributed by atoms with van der Waals surface area (Å²) in [6.07, 6.45) is 2.46. The fraction of sp³-hybridized carbons (Fsp3) is 0.625. The quantitative estimate of drug-likeness (QED) is 0.871. The predicted octanol–water partition coefficient (Wildman–Crippen LogP) is 3.31. The van der Waals surface area contributed by atoms with Crippen molar-refractivity contribution in [1.29, 1.82) is 0 Å². The zero-order valence-corrected chi connectivity index (χ0v) is 13.2. The lowest BCUT2D eigenvalue weighted by atomic mass is 9.98. The van der Waals surface area contributed by atoms with Gasteiger partial charge in [0.05, 0.1) is 17.3 Å². The molecule has 3 nitrogen and oxygen atoms in total. The van der Waals surface area contributed by atoms with E-state index in [0.29, 0.717) is 5.92 Å². The van der Waals surface area contributed by atoms with E-state index in [1.54, 1.807) is 7.11 Å². The molecule has 1 aromatic carbocycles. The van der Waals surface area contributed by atoms with Crippen molar-refractivity contribution in [2.75, 3.05) is 38.3 Å². The van der Waals surface area contributed by atoms with E-state index < -0.39 is 0 Å². The molecule has 2 rings (SSSR count). The normalized spacial score (nSPS) is 19.4. The number of nitrogens with one attached hydrogen (secondary N) is 1. The monoisotopic (exact) mass is 296 g/mol. The largest absolute Gasteiger partial charge is 0.384 e. The van der Waals surface area contributed by atoms with E-state index in [4.69, 9.17) is 16.3 Å². The number of benzene rings is 1. The summed E-state index contributed by atoms with van der Waals surface area (Å²) in [5.41, 5.74) is 2.40. The first kappa shape index (κ1) is 15.6. The van der Waals surface area contributed by atoms with Crippen LogP contribution in [0.15, 0.2) is 18.2 Å². The molecule has 112 valence electrons. The minimum absolute atomic E-state index is 0.617. The number of anilines is 1. The average molecular weight is 297 g/mol. The van der Waals surface area contributed by atoms with Crippen molar-refractivity contribution in [3.8, 4) is 0 Å². The van der Waals surface area contributed by atoms with E-state index in [1.807, 2.05) is 0 Å². The molecule has 0 amide bonds. The van der Waals surface area contributed by atoms with Gasteiger partial charge in [0, 0.05) is 26.7 Å². The van der Waals surface area contributed by atoms with Gasteiger partial charge in [0.1, 0.15) is 0 Å². The Morgan fingerprint density at radius 1 is 1.45 bits per heavy atom. The molecule has 0 saturated carbocycles. The second kappa shape index (κ2) is 7.87. The number of hydrogen-bond donors (Lipinski definition) is 1. The summed E-state index contributed by atoms with van der Waals surface area (Å²) in [7, 11) is 1.78. The van der Waals surface area contributed by atoms with Gasteiger partial charge >= 0.3 is 0 Å².